The second-order valence-corrected chi connectivity index (χ2v) is 3.95. The molecule has 0 aliphatic heterocycles. The SMILES string of the molecule is CCOC(=O)C(=O)c1ccccc1CC(C)(F)F. The Morgan fingerprint density at radius 3 is 2.44 bits per heavy atom. The summed E-state index contributed by atoms with van der Waals surface area (Å²) in [6.45, 7) is 2.40. The van der Waals surface area contributed by atoms with E-state index >= 15 is 0 Å². The minimum atomic E-state index is -2.94. The molecule has 98 valence electrons. The van der Waals surface area contributed by atoms with Gasteiger partial charge in [0.25, 0.3) is 5.78 Å². The molecule has 0 saturated carbocycles. The van der Waals surface area contributed by atoms with Gasteiger partial charge >= 0.3 is 5.97 Å². The predicted molar refractivity (Wildman–Crippen MR) is 61.7 cm³/mol. The molecule has 0 saturated heterocycles. The standard InChI is InChI=1S/C13H14F2O3/c1-3-18-12(17)11(16)10-7-5-4-6-9(10)8-13(2,14)15/h4-7H,3,8H2,1-2H3. The van der Waals surface area contributed by atoms with Gasteiger partial charge in [-0.05, 0) is 19.4 Å². The molecule has 0 atom stereocenters. The highest BCUT2D eigenvalue weighted by atomic mass is 19.3. The van der Waals surface area contributed by atoms with Crippen molar-refractivity contribution in [3.05, 3.63) is 35.4 Å². The van der Waals surface area contributed by atoms with Crippen molar-refractivity contribution in [2.45, 2.75) is 26.2 Å². The van der Waals surface area contributed by atoms with Crippen LogP contribution in [0, 0.1) is 0 Å². The molecule has 3 nitrogen and oxygen atoms in total. The Morgan fingerprint density at radius 1 is 1.28 bits per heavy atom. The van der Waals surface area contributed by atoms with Gasteiger partial charge in [0.2, 0.25) is 5.92 Å². The second-order valence-electron chi connectivity index (χ2n) is 3.95. The van der Waals surface area contributed by atoms with E-state index in [1.165, 1.54) is 18.2 Å². The van der Waals surface area contributed by atoms with Crippen LogP contribution in [0.5, 0.6) is 0 Å². The molecule has 5 heteroatoms. The van der Waals surface area contributed by atoms with Crippen LogP contribution in [0.15, 0.2) is 24.3 Å². The van der Waals surface area contributed by atoms with Gasteiger partial charge in [0.1, 0.15) is 0 Å². The molecule has 0 spiro atoms. The van der Waals surface area contributed by atoms with E-state index in [9.17, 15) is 18.4 Å². The average molecular weight is 256 g/mol. The molecular weight excluding hydrogens is 242 g/mol. The lowest BCUT2D eigenvalue weighted by Crippen LogP contribution is -2.21. The minimum Gasteiger partial charge on any atom is -0.460 e. The summed E-state index contributed by atoms with van der Waals surface area (Å²) in [5.74, 6) is -4.86. The van der Waals surface area contributed by atoms with E-state index in [0.29, 0.717) is 0 Å². The van der Waals surface area contributed by atoms with Crippen molar-refractivity contribution in [3.63, 3.8) is 0 Å². The molecule has 1 aromatic rings. The van der Waals surface area contributed by atoms with E-state index in [0.717, 1.165) is 6.92 Å². The van der Waals surface area contributed by atoms with Gasteiger partial charge in [-0.25, -0.2) is 13.6 Å². The van der Waals surface area contributed by atoms with Crippen LogP contribution in [0.25, 0.3) is 0 Å². The molecule has 0 amide bonds. The summed E-state index contributed by atoms with van der Waals surface area (Å²) in [6, 6.07) is 5.82. The van der Waals surface area contributed by atoms with E-state index in [-0.39, 0.29) is 17.7 Å². The highest BCUT2D eigenvalue weighted by molar-refractivity contribution is 6.41. The van der Waals surface area contributed by atoms with Crippen LogP contribution in [0.4, 0.5) is 8.78 Å². The van der Waals surface area contributed by atoms with Gasteiger partial charge in [-0.2, -0.15) is 0 Å². The number of ketones is 1. The van der Waals surface area contributed by atoms with E-state index < -0.39 is 24.1 Å². The van der Waals surface area contributed by atoms with E-state index in [4.69, 9.17) is 0 Å². The van der Waals surface area contributed by atoms with Gasteiger partial charge in [-0.15, -0.1) is 0 Å². The lowest BCUT2D eigenvalue weighted by molar-refractivity contribution is -0.137. The van der Waals surface area contributed by atoms with Crippen LogP contribution in [0.2, 0.25) is 0 Å². The Morgan fingerprint density at radius 2 is 1.89 bits per heavy atom. The summed E-state index contributed by atoms with van der Waals surface area (Å²) < 4.78 is 30.5. The average Bonchev–Trinajstić information content (AvgIpc) is 2.27. The Kier molecular flexibility index (Phi) is 4.53. The van der Waals surface area contributed by atoms with Crippen LogP contribution in [-0.4, -0.2) is 24.3 Å². The summed E-state index contributed by atoms with van der Waals surface area (Å²) in [6.07, 6.45) is -0.589. The van der Waals surface area contributed by atoms with Crippen molar-refractivity contribution in [1.29, 1.82) is 0 Å². The fourth-order valence-electron chi connectivity index (χ4n) is 1.54. The zero-order chi connectivity index (χ0) is 13.8. The summed E-state index contributed by atoms with van der Waals surface area (Å²) in [7, 11) is 0. The molecule has 1 rings (SSSR count). The van der Waals surface area contributed by atoms with Gasteiger partial charge in [0, 0.05) is 12.0 Å². The lowest BCUT2D eigenvalue weighted by atomic mass is 9.98. The van der Waals surface area contributed by atoms with Gasteiger partial charge in [-0.3, -0.25) is 4.79 Å². The van der Waals surface area contributed by atoms with Crippen LogP contribution >= 0.6 is 0 Å². The fourth-order valence-corrected chi connectivity index (χ4v) is 1.54. The highest BCUT2D eigenvalue weighted by Crippen LogP contribution is 2.22. The number of benzene rings is 1. The van der Waals surface area contributed by atoms with Crippen LogP contribution in [0.3, 0.4) is 0 Å². The van der Waals surface area contributed by atoms with Crippen molar-refractivity contribution in [2.75, 3.05) is 6.61 Å². The Labute approximate surface area is 104 Å². The van der Waals surface area contributed by atoms with Gasteiger partial charge in [-0.1, -0.05) is 24.3 Å². The van der Waals surface area contributed by atoms with E-state index in [1.807, 2.05) is 0 Å². The number of ether oxygens (including phenoxy) is 1. The lowest BCUT2D eigenvalue weighted by Gasteiger charge is -2.13. The summed E-state index contributed by atoms with van der Waals surface area (Å²) in [5, 5.41) is 0. The summed E-state index contributed by atoms with van der Waals surface area (Å²) >= 11 is 0. The topological polar surface area (TPSA) is 43.4 Å². The largest absolute Gasteiger partial charge is 0.460 e. The third-order valence-electron chi connectivity index (χ3n) is 2.22. The van der Waals surface area contributed by atoms with Crippen LogP contribution in [-0.2, 0) is 16.0 Å². The monoisotopic (exact) mass is 256 g/mol. The summed E-state index contributed by atoms with van der Waals surface area (Å²) in [5.41, 5.74) is 0.112. The number of esters is 1. The van der Waals surface area contributed by atoms with Crippen LogP contribution in [0.1, 0.15) is 29.8 Å². The first-order chi connectivity index (χ1) is 8.35. The molecule has 0 aromatic heterocycles. The molecule has 0 radical (unpaired) electrons. The second kappa shape index (κ2) is 5.71. The maximum absolute atomic E-state index is 13.0. The quantitative estimate of drug-likeness (QED) is 0.462. The number of carbonyl (C=O) groups is 2. The number of halogens is 2. The van der Waals surface area contributed by atoms with Gasteiger partial charge in [0.15, 0.2) is 0 Å². The smallest absolute Gasteiger partial charge is 0.379 e. The third-order valence-corrected chi connectivity index (χ3v) is 2.22. The Hall–Kier alpha value is -1.78. The third kappa shape index (κ3) is 3.91. The van der Waals surface area contributed by atoms with Crippen molar-refractivity contribution in [3.8, 4) is 0 Å². The number of carbonyl (C=O) groups excluding carboxylic acids is 2. The number of rotatable bonds is 5. The maximum Gasteiger partial charge on any atom is 0.379 e. The van der Waals surface area contributed by atoms with E-state index in [1.54, 1.807) is 13.0 Å². The van der Waals surface area contributed by atoms with Crippen molar-refractivity contribution < 1.29 is 23.1 Å². The first-order valence-electron chi connectivity index (χ1n) is 5.52. The van der Waals surface area contributed by atoms with Gasteiger partial charge in [0.05, 0.1) is 6.61 Å². The molecule has 0 N–H and O–H groups in total. The normalized spacial score (nSPS) is 11.1. The number of hydrogen-bond donors (Lipinski definition) is 0. The molecule has 1 aromatic carbocycles. The predicted octanol–water partition coefficient (Wildman–Crippen LogP) is 2.63. The number of hydrogen-bond acceptors (Lipinski definition) is 3. The van der Waals surface area contributed by atoms with E-state index in [2.05, 4.69) is 4.74 Å². The molecule has 0 aliphatic rings. The fraction of sp³-hybridized carbons (Fsp3) is 0.385. The molecule has 0 fully saturated rings. The minimum absolute atomic E-state index is 0.0301. The van der Waals surface area contributed by atoms with Crippen molar-refractivity contribution in [1.82, 2.24) is 0 Å². The molecule has 0 unspecified atom stereocenters. The number of alkyl halides is 2. The Bertz CT molecular complexity index is 450. The molecule has 18 heavy (non-hydrogen) atoms. The maximum atomic E-state index is 13.0. The van der Waals surface area contributed by atoms with Crippen molar-refractivity contribution >= 4 is 11.8 Å². The van der Waals surface area contributed by atoms with Gasteiger partial charge < -0.3 is 4.74 Å². The zero-order valence-corrected chi connectivity index (χ0v) is 10.2. The summed E-state index contributed by atoms with van der Waals surface area (Å²) in [4.78, 5) is 23.0. The zero-order valence-electron chi connectivity index (χ0n) is 10.2. The van der Waals surface area contributed by atoms with Crippen molar-refractivity contribution in [2.24, 2.45) is 0 Å². The Balaban J connectivity index is 3.02. The molecule has 0 aliphatic carbocycles. The highest BCUT2D eigenvalue weighted by Gasteiger charge is 2.27. The van der Waals surface area contributed by atoms with Crippen LogP contribution < -0.4 is 0 Å². The first-order valence-corrected chi connectivity index (χ1v) is 5.52. The first kappa shape index (κ1) is 14.3. The molecular formula is C13H14F2O3. The number of Topliss-reactive ketones (excluding diaryl/α,β-unsaturated/α-hetero) is 1. The molecule has 0 bridgehead atoms. The molecule has 0 heterocycles.